The first-order chi connectivity index (χ1) is 13.4. The van der Waals surface area contributed by atoms with Gasteiger partial charge in [0.15, 0.2) is 5.83 Å². The molecule has 0 atom stereocenters. The number of aromatic amines is 1. The number of phenolic OH excluding ortho intramolecular Hbond substituents is 1. The van der Waals surface area contributed by atoms with Gasteiger partial charge in [-0.2, -0.15) is 5.10 Å². The molecule has 6 nitrogen and oxygen atoms in total. The fourth-order valence-corrected chi connectivity index (χ4v) is 3.25. The third kappa shape index (κ3) is 3.28. The van der Waals surface area contributed by atoms with E-state index in [4.69, 9.17) is 4.74 Å². The van der Waals surface area contributed by atoms with Crippen molar-refractivity contribution < 1.29 is 23.4 Å². The van der Waals surface area contributed by atoms with E-state index in [2.05, 4.69) is 16.8 Å². The molecule has 1 aliphatic rings. The number of fused-ring (bicyclic) bond motifs is 1. The van der Waals surface area contributed by atoms with Crippen molar-refractivity contribution in [2.75, 3.05) is 19.7 Å². The number of H-pyrrole nitrogens is 1. The maximum absolute atomic E-state index is 14.3. The molecule has 3 aromatic rings. The largest absolute Gasteiger partial charge is 0.508 e. The highest BCUT2D eigenvalue weighted by molar-refractivity contribution is 5.91. The highest BCUT2D eigenvalue weighted by Crippen LogP contribution is 2.34. The molecule has 0 bridgehead atoms. The molecular weight excluding hydrogens is 368 g/mol. The number of phenols is 1. The second kappa shape index (κ2) is 6.95. The number of nitrogens with zero attached hydrogens (tertiary/aromatic N) is 2. The standard InChI is InChI=1S/C20H17F2N3O3/c1-11(21)20(27)25-8-12(9-25)10-28-19-5-13(4-18-16(19)7-23-24-18)15-3-2-14(26)6-17(15)22/h2-7,12,26H,1,8-10H2,(H,23,24). The molecule has 1 aromatic heterocycles. The van der Waals surface area contributed by atoms with E-state index in [-0.39, 0.29) is 11.7 Å². The normalized spacial score (nSPS) is 14.1. The lowest BCUT2D eigenvalue weighted by atomic mass is 10.0. The predicted molar refractivity (Wildman–Crippen MR) is 99.0 cm³/mol. The third-order valence-corrected chi connectivity index (χ3v) is 4.74. The zero-order chi connectivity index (χ0) is 19.8. The minimum atomic E-state index is -0.969. The van der Waals surface area contributed by atoms with Crippen molar-refractivity contribution in [3.05, 3.63) is 54.8 Å². The molecule has 2 heterocycles. The Bertz CT molecular complexity index is 1070. The lowest BCUT2D eigenvalue weighted by Gasteiger charge is -2.38. The van der Waals surface area contributed by atoms with Crippen molar-refractivity contribution in [1.29, 1.82) is 0 Å². The summed E-state index contributed by atoms with van der Waals surface area (Å²) in [5, 5.41) is 17.0. The van der Waals surface area contributed by atoms with Gasteiger partial charge in [-0.25, -0.2) is 8.78 Å². The Labute approximate surface area is 159 Å². The predicted octanol–water partition coefficient (Wildman–Crippen LogP) is 3.40. The molecule has 0 radical (unpaired) electrons. The molecule has 2 aromatic carbocycles. The van der Waals surface area contributed by atoms with Crippen LogP contribution in [0.2, 0.25) is 0 Å². The summed E-state index contributed by atoms with van der Waals surface area (Å²) in [5.74, 6) is -1.78. The van der Waals surface area contributed by atoms with E-state index in [1.807, 2.05) is 0 Å². The Balaban J connectivity index is 1.54. The fourth-order valence-electron chi connectivity index (χ4n) is 3.25. The average Bonchev–Trinajstić information content (AvgIpc) is 3.08. The first kappa shape index (κ1) is 18.0. The molecule has 8 heteroatoms. The van der Waals surface area contributed by atoms with E-state index in [1.54, 1.807) is 18.3 Å². The van der Waals surface area contributed by atoms with Gasteiger partial charge in [0, 0.05) is 30.6 Å². The Kier molecular flexibility index (Phi) is 4.46. The number of amides is 1. The van der Waals surface area contributed by atoms with Crippen LogP contribution in [0.5, 0.6) is 11.5 Å². The molecule has 0 unspecified atom stereocenters. The van der Waals surface area contributed by atoms with Gasteiger partial charge in [0.05, 0.1) is 23.7 Å². The molecule has 1 aliphatic heterocycles. The molecule has 0 aliphatic carbocycles. The fraction of sp³-hybridized carbons (Fsp3) is 0.200. The van der Waals surface area contributed by atoms with Crippen LogP contribution in [0, 0.1) is 11.7 Å². The van der Waals surface area contributed by atoms with Crippen LogP contribution in [0.15, 0.2) is 48.9 Å². The topological polar surface area (TPSA) is 78.5 Å². The van der Waals surface area contributed by atoms with Crippen molar-refractivity contribution in [3.8, 4) is 22.6 Å². The number of carbonyl (C=O) groups is 1. The number of nitrogens with one attached hydrogen (secondary N) is 1. The first-order valence-corrected chi connectivity index (χ1v) is 8.65. The van der Waals surface area contributed by atoms with Crippen LogP contribution in [0.25, 0.3) is 22.0 Å². The monoisotopic (exact) mass is 385 g/mol. The summed E-state index contributed by atoms with van der Waals surface area (Å²) in [6, 6.07) is 7.41. The van der Waals surface area contributed by atoms with E-state index >= 15 is 0 Å². The number of ether oxygens (including phenoxy) is 1. The molecule has 144 valence electrons. The van der Waals surface area contributed by atoms with Gasteiger partial charge in [-0.1, -0.05) is 6.58 Å². The molecule has 4 rings (SSSR count). The van der Waals surface area contributed by atoms with Gasteiger partial charge in [0.2, 0.25) is 0 Å². The van der Waals surface area contributed by atoms with Crippen LogP contribution in [0.3, 0.4) is 0 Å². The van der Waals surface area contributed by atoms with Crippen molar-refractivity contribution in [1.82, 2.24) is 15.1 Å². The van der Waals surface area contributed by atoms with Crippen LogP contribution in [0.4, 0.5) is 8.78 Å². The van der Waals surface area contributed by atoms with Crippen LogP contribution in [-0.2, 0) is 4.79 Å². The summed E-state index contributed by atoms with van der Waals surface area (Å²) in [5.41, 5.74) is 1.57. The summed E-state index contributed by atoms with van der Waals surface area (Å²) >= 11 is 0. The zero-order valence-electron chi connectivity index (χ0n) is 14.8. The highest BCUT2D eigenvalue weighted by atomic mass is 19.1. The molecule has 28 heavy (non-hydrogen) atoms. The van der Waals surface area contributed by atoms with E-state index < -0.39 is 17.6 Å². The zero-order valence-corrected chi connectivity index (χ0v) is 14.8. The second-order valence-corrected chi connectivity index (χ2v) is 6.76. The Hall–Kier alpha value is -3.42. The molecule has 1 fully saturated rings. The third-order valence-electron chi connectivity index (χ3n) is 4.74. The van der Waals surface area contributed by atoms with Gasteiger partial charge in [0.1, 0.15) is 17.3 Å². The highest BCUT2D eigenvalue weighted by Gasteiger charge is 2.32. The number of carbonyl (C=O) groups excluding carboxylic acids is 1. The quantitative estimate of drug-likeness (QED) is 0.660. The van der Waals surface area contributed by atoms with Crippen molar-refractivity contribution in [3.63, 3.8) is 0 Å². The van der Waals surface area contributed by atoms with E-state index in [9.17, 15) is 18.7 Å². The van der Waals surface area contributed by atoms with Gasteiger partial charge < -0.3 is 14.7 Å². The van der Waals surface area contributed by atoms with Crippen molar-refractivity contribution in [2.24, 2.45) is 5.92 Å². The number of halogens is 2. The number of hydrogen-bond donors (Lipinski definition) is 2. The number of aromatic hydroxyl groups is 1. The van der Waals surface area contributed by atoms with E-state index in [0.717, 1.165) is 11.5 Å². The van der Waals surface area contributed by atoms with Crippen LogP contribution < -0.4 is 4.74 Å². The van der Waals surface area contributed by atoms with E-state index in [1.165, 1.54) is 17.0 Å². The lowest BCUT2D eigenvalue weighted by molar-refractivity contribution is -0.135. The summed E-state index contributed by atoms with van der Waals surface area (Å²) in [6.07, 6.45) is 1.62. The van der Waals surface area contributed by atoms with Gasteiger partial charge in [-0.3, -0.25) is 9.89 Å². The van der Waals surface area contributed by atoms with Gasteiger partial charge >= 0.3 is 0 Å². The number of hydrogen-bond acceptors (Lipinski definition) is 4. The Morgan fingerprint density at radius 2 is 2.14 bits per heavy atom. The summed E-state index contributed by atoms with van der Waals surface area (Å²) < 4.78 is 33.0. The van der Waals surface area contributed by atoms with Crippen LogP contribution in [-0.4, -0.2) is 45.8 Å². The van der Waals surface area contributed by atoms with Gasteiger partial charge in [0.25, 0.3) is 5.91 Å². The maximum Gasteiger partial charge on any atom is 0.281 e. The minimum Gasteiger partial charge on any atom is -0.508 e. The average molecular weight is 385 g/mol. The van der Waals surface area contributed by atoms with Crippen LogP contribution in [0.1, 0.15) is 0 Å². The smallest absolute Gasteiger partial charge is 0.281 e. The van der Waals surface area contributed by atoms with E-state index in [0.29, 0.717) is 42.1 Å². The first-order valence-electron chi connectivity index (χ1n) is 8.65. The number of benzene rings is 2. The molecule has 1 amide bonds. The summed E-state index contributed by atoms with van der Waals surface area (Å²) in [4.78, 5) is 12.9. The summed E-state index contributed by atoms with van der Waals surface area (Å²) in [7, 11) is 0. The Morgan fingerprint density at radius 1 is 1.36 bits per heavy atom. The molecule has 2 N–H and O–H groups in total. The number of aromatic nitrogens is 2. The molecule has 0 saturated carbocycles. The summed E-state index contributed by atoms with van der Waals surface area (Å²) in [6.45, 7) is 4.12. The van der Waals surface area contributed by atoms with Gasteiger partial charge in [-0.05, 0) is 29.8 Å². The lowest BCUT2D eigenvalue weighted by Crippen LogP contribution is -2.52. The SMILES string of the molecule is C=C(F)C(=O)N1CC(COc2cc(-c3ccc(O)cc3F)cc3[nH]ncc23)C1. The molecule has 1 saturated heterocycles. The van der Waals surface area contributed by atoms with Crippen LogP contribution >= 0.6 is 0 Å². The molecular formula is C20H17F2N3O3. The number of rotatable bonds is 5. The minimum absolute atomic E-state index is 0.0688. The maximum atomic E-state index is 14.3. The molecule has 0 spiro atoms. The van der Waals surface area contributed by atoms with Crippen molar-refractivity contribution in [2.45, 2.75) is 0 Å². The van der Waals surface area contributed by atoms with Gasteiger partial charge in [-0.15, -0.1) is 0 Å². The second-order valence-electron chi connectivity index (χ2n) is 6.76. The Morgan fingerprint density at radius 3 is 2.86 bits per heavy atom. The van der Waals surface area contributed by atoms with Crippen molar-refractivity contribution >= 4 is 16.8 Å². The number of likely N-dealkylation sites (tertiary alicyclic amines) is 1.